The van der Waals surface area contributed by atoms with Crippen molar-refractivity contribution < 1.29 is 5.11 Å². The summed E-state index contributed by atoms with van der Waals surface area (Å²) in [4.78, 5) is 4.32. The molecular formula is C21H17N3O. The highest BCUT2D eigenvalue weighted by atomic mass is 16.3. The average molecular weight is 327 g/mol. The molecule has 3 aromatic rings. The first-order valence-electron chi connectivity index (χ1n) is 8.60. The molecule has 2 aliphatic rings. The Morgan fingerprint density at radius 2 is 2.04 bits per heavy atom. The number of hydrogen-bond donors (Lipinski definition) is 1. The average Bonchev–Trinajstić information content (AvgIpc) is 3.23. The summed E-state index contributed by atoms with van der Waals surface area (Å²) in [7, 11) is 0. The van der Waals surface area contributed by atoms with Gasteiger partial charge in [0.2, 0.25) is 0 Å². The van der Waals surface area contributed by atoms with Crippen molar-refractivity contribution in [2.45, 2.75) is 25.0 Å². The Morgan fingerprint density at radius 1 is 1.16 bits per heavy atom. The second-order valence-corrected chi connectivity index (χ2v) is 6.89. The smallest absolute Gasteiger partial charge is 0.0991 e. The minimum atomic E-state index is -0.580. The lowest BCUT2D eigenvalue weighted by molar-refractivity contribution is 0.0720. The standard InChI is InChI=1S/C21H17N3O/c22-10-13-5-6-14-7-8-17(21(25)18(14)9-13)20-16-4-2-1-3-15(16)19-11-23-12-24(19)20/h1-6,9,11-12,17,20-21,25H,7-8H2/t17-,20?,21-/m1/s1. The van der Waals surface area contributed by atoms with Crippen LogP contribution >= 0.6 is 0 Å². The van der Waals surface area contributed by atoms with Gasteiger partial charge >= 0.3 is 0 Å². The molecule has 0 spiro atoms. The van der Waals surface area contributed by atoms with Gasteiger partial charge in [0.1, 0.15) is 0 Å². The van der Waals surface area contributed by atoms with Crippen molar-refractivity contribution in [2.75, 3.05) is 0 Å². The number of aliphatic hydroxyl groups is 1. The molecule has 3 atom stereocenters. The van der Waals surface area contributed by atoms with Crippen molar-refractivity contribution in [3.63, 3.8) is 0 Å². The van der Waals surface area contributed by atoms with Crippen LogP contribution in [-0.2, 0) is 6.42 Å². The molecule has 0 saturated carbocycles. The van der Waals surface area contributed by atoms with Gasteiger partial charge in [-0.15, -0.1) is 0 Å². The Hall–Kier alpha value is -2.90. The van der Waals surface area contributed by atoms with Crippen LogP contribution in [0.3, 0.4) is 0 Å². The molecular weight excluding hydrogens is 310 g/mol. The molecule has 2 aromatic carbocycles. The predicted molar refractivity (Wildman–Crippen MR) is 93.7 cm³/mol. The molecule has 5 rings (SSSR count). The number of imidazole rings is 1. The molecule has 1 N–H and O–H groups in total. The van der Waals surface area contributed by atoms with Gasteiger partial charge in [0.05, 0.1) is 42.0 Å². The lowest BCUT2D eigenvalue weighted by atomic mass is 9.75. The minimum absolute atomic E-state index is 0.0676. The Bertz CT molecular complexity index is 1010. The third-order valence-corrected chi connectivity index (χ3v) is 5.67. The lowest BCUT2D eigenvalue weighted by Gasteiger charge is -2.35. The van der Waals surface area contributed by atoms with Crippen molar-refractivity contribution in [1.29, 1.82) is 5.26 Å². The van der Waals surface area contributed by atoms with Crippen LogP contribution in [0, 0.1) is 17.2 Å². The number of hydrogen-bond acceptors (Lipinski definition) is 3. The first kappa shape index (κ1) is 14.4. The van der Waals surface area contributed by atoms with Crippen LogP contribution in [0.1, 0.15) is 40.8 Å². The second-order valence-electron chi connectivity index (χ2n) is 6.89. The van der Waals surface area contributed by atoms with E-state index in [2.05, 4.69) is 33.8 Å². The van der Waals surface area contributed by atoms with Crippen LogP contribution in [0.2, 0.25) is 0 Å². The molecule has 0 saturated heterocycles. The maximum atomic E-state index is 11.1. The SMILES string of the molecule is N#Cc1ccc2c(c1)[C@H](O)[C@@H](C1c3ccccc3-c3cncn31)CC2. The van der Waals surface area contributed by atoms with Gasteiger partial charge < -0.3 is 9.67 Å². The molecule has 0 bridgehead atoms. The number of aryl methyl sites for hydroxylation is 1. The first-order valence-corrected chi connectivity index (χ1v) is 8.60. The van der Waals surface area contributed by atoms with Crippen LogP contribution in [0.5, 0.6) is 0 Å². The fourth-order valence-corrected chi connectivity index (χ4v) is 4.52. The molecule has 1 aliphatic heterocycles. The van der Waals surface area contributed by atoms with E-state index in [-0.39, 0.29) is 12.0 Å². The summed E-state index contributed by atoms with van der Waals surface area (Å²) in [5.41, 5.74) is 6.23. The molecule has 0 amide bonds. The quantitative estimate of drug-likeness (QED) is 0.742. The largest absolute Gasteiger partial charge is 0.388 e. The predicted octanol–water partition coefficient (Wildman–Crippen LogP) is 3.62. The zero-order valence-corrected chi connectivity index (χ0v) is 13.6. The molecule has 2 heterocycles. The van der Waals surface area contributed by atoms with Gasteiger partial charge in [0.15, 0.2) is 0 Å². The maximum absolute atomic E-state index is 11.1. The van der Waals surface area contributed by atoms with Crippen molar-refractivity contribution >= 4 is 0 Å². The highest BCUT2D eigenvalue weighted by Gasteiger charge is 2.40. The zero-order chi connectivity index (χ0) is 17.0. The van der Waals surface area contributed by atoms with E-state index >= 15 is 0 Å². The van der Waals surface area contributed by atoms with E-state index in [0.717, 1.165) is 29.7 Å². The van der Waals surface area contributed by atoms with E-state index in [9.17, 15) is 10.4 Å². The molecule has 122 valence electrons. The second kappa shape index (κ2) is 5.30. The number of benzene rings is 2. The van der Waals surface area contributed by atoms with Gasteiger partial charge in [-0.1, -0.05) is 30.3 Å². The maximum Gasteiger partial charge on any atom is 0.0991 e. The van der Waals surface area contributed by atoms with E-state index in [1.54, 1.807) is 0 Å². The summed E-state index contributed by atoms with van der Waals surface area (Å²) in [6.45, 7) is 0. The van der Waals surface area contributed by atoms with Crippen LogP contribution in [0.25, 0.3) is 11.3 Å². The highest BCUT2D eigenvalue weighted by molar-refractivity contribution is 5.69. The lowest BCUT2D eigenvalue weighted by Crippen LogP contribution is -2.28. The molecule has 1 unspecified atom stereocenters. The van der Waals surface area contributed by atoms with Gasteiger partial charge in [-0.3, -0.25) is 0 Å². The Labute approximate surface area is 146 Å². The summed E-state index contributed by atoms with van der Waals surface area (Å²) in [5.74, 6) is 0.0676. The normalized spacial score (nSPS) is 23.4. The summed E-state index contributed by atoms with van der Waals surface area (Å²) >= 11 is 0. The van der Waals surface area contributed by atoms with Gasteiger partial charge in [-0.25, -0.2) is 4.98 Å². The van der Waals surface area contributed by atoms with Crippen LogP contribution < -0.4 is 0 Å². The summed E-state index contributed by atoms with van der Waals surface area (Å²) < 4.78 is 2.19. The van der Waals surface area contributed by atoms with Crippen molar-refractivity contribution in [2.24, 2.45) is 5.92 Å². The number of fused-ring (bicyclic) bond motifs is 4. The summed E-state index contributed by atoms with van der Waals surface area (Å²) in [6.07, 6.45) is 5.02. The van der Waals surface area contributed by atoms with E-state index in [1.807, 2.05) is 36.8 Å². The van der Waals surface area contributed by atoms with Crippen molar-refractivity contribution in [1.82, 2.24) is 9.55 Å². The number of aliphatic hydroxyl groups excluding tert-OH is 1. The van der Waals surface area contributed by atoms with Crippen LogP contribution in [-0.4, -0.2) is 14.7 Å². The summed E-state index contributed by atoms with van der Waals surface area (Å²) in [5, 5.41) is 20.3. The minimum Gasteiger partial charge on any atom is -0.388 e. The van der Waals surface area contributed by atoms with Gasteiger partial charge in [0.25, 0.3) is 0 Å². The van der Waals surface area contributed by atoms with Gasteiger partial charge in [-0.2, -0.15) is 5.26 Å². The molecule has 4 nitrogen and oxygen atoms in total. The first-order chi connectivity index (χ1) is 12.3. The molecule has 1 aliphatic carbocycles. The fraction of sp³-hybridized carbons (Fsp3) is 0.238. The fourth-order valence-electron chi connectivity index (χ4n) is 4.52. The van der Waals surface area contributed by atoms with Gasteiger partial charge in [-0.05, 0) is 41.7 Å². The number of aromatic nitrogens is 2. The molecule has 4 heteroatoms. The monoisotopic (exact) mass is 327 g/mol. The molecule has 25 heavy (non-hydrogen) atoms. The topological polar surface area (TPSA) is 61.8 Å². The molecule has 0 fully saturated rings. The Morgan fingerprint density at radius 3 is 2.92 bits per heavy atom. The van der Waals surface area contributed by atoms with E-state index < -0.39 is 6.10 Å². The van der Waals surface area contributed by atoms with E-state index in [0.29, 0.717) is 5.56 Å². The third kappa shape index (κ3) is 2.00. The number of nitrogens with zero attached hydrogens (tertiary/aromatic N) is 3. The Balaban J connectivity index is 1.62. The number of rotatable bonds is 1. The van der Waals surface area contributed by atoms with Crippen LogP contribution in [0.4, 0.5) is 0 Å². The molecule has 0 radical (unpaired) electrons. The third-order valence-electron chi connectivity index (χ3n) is 5.67. The van der Waals surface area contributed by atoms with E-state index in [4.69, 9.17) is 0 Å². The number of nitriles is 1. The van der Waals surface area contributed by atoms with Crippen molar-refractivity contribution in [3.8, 4) is 17.3 Å². The Kier molecular flexibility index (Phi) is 3.06. The zero-order valence-electron chi connectivity index (χ0n) is 13.6. The van der Waals surface area contributed by atoms with Gasteiger partial charge in [0, 0.05) is 11.5 Å². The molecule has 1 aromatic heterocycles. The summed E-state index contributed by atoms with van der Waals surface area (Å²) in [6, 6.07) is 16.3. The van der Waals surface area contributed by atoms with E-state index in [1.165, 1.54) is 11.1 Å². The van der Waals surface area contributed by atoms with Crippen LogP contribution in [0.15, 0.2) is 55.0 Å². The van der Waals surface area contributed by atoms with Crippen molar-refractivity contribution in [3.05, 3.63) is 77.2 Å². The highest BCUT2D eigenvalue weighted by Crippen LogP contribution is 2.49.